The number of ether oxygens (including phenoxy) is 1. The number of nitrogens with one attached hydrogen (secondary N) is 2. The van der Waals surface area contributed by atoms with E-state index in [0.717, 1.165) is 18.6 Å². The molecular weight excluding hydrogens is 320 g/mol. The van der Waals surface area contributed by atoms with Crippen molar-refractivity contribution in [3.05, 3.63) is 54.0 Å². The van der Waals surface area contributed by atoms with E-state index in [4.69, 9.17) is 9.15 Å². The van der Waals surface area contributed by atoms with Crippen molar-refractivity contribution in [1.29, 1.82) is 0 Å². The first kappa shape index (κ1) is 18.6. The van der Waals surface area contributed by atoms with Crippen LogP contribution in [0.1, 0.15) is 42.8 Å². The molecule has 6 nitrogen and oxygen atoms in total. The fraction of sp³-hybridized carbons (Fsp3) is 0.368. The number of hydrogen-bond donors (Lipinski definition) is 2. The lowest BCUT2D eigenvalue weighted by molar-refractivity contribution is -0.125. The highest BCUT2D eigenvalue weighted by Gasteiger charge is 2.15. The van der Waals surface area contributed by atoms with Crippen LogP contribution in [0.5, 0.6) is 0 Å². The van der Waals surface area contributed by atoms with E-state index in [9.17, 15) is 9.59 Å². The van der Waals surface area contributed by atoms with Gasteiger partial charge in [0.1, 0.15) is 5.76 Å². The normalized spacial score (nSPS) is 10.5. The smallest absolute Gasteiger partial charge is 0.340 e. The predicted molar refractivity (Wildman–Crippen MR) is 95.3 cm³/mol. The highest BCUT2D eigenvalue weighted by molar-refractivity contribution is 5.96. The minimum Gasteiger partial charge on any atom is -0.467 e. The molecule has 1 heterocycles. The van der Waals surface area contributed by atoms with Crippen LogP contribution in [0, 0.1) is 0 Å². The molecule has 2 aromatic rings. The molecule has 0 fully saturated rings. The maximum absolute atomic E-state index is 12.3. The first-order chi connectivity index (χ1) is 12.1. The lowest BCUT2D eigenvalue weighted by atomic mass is 10.1. The van der Waals surface area contributed by atoms with Crippen LogP contribution in [-0.4, -0.2) is 24.5 Å². The summed E-state index contributed by atoms with van der Waals surface area (Å²) in [7, 11) is 0. The summed E-state index contributed by atoms with van der Waals surface area (Å²) >= 11 is 0. The summed E-state index contributed by atoms with van der Waals surface area (Å²) < 4.78 is 10.4. The molecule has 1 amide bonds. The molecule has 6 heteroatoms. The Labute approximate surface area is 147 Å². The van der Waals surface area contributed by atoms with Gasteiger partial charge in [0.05, 0.1) is 18.4 Å². The molecule has 0 saturated carbocycles. The van der Waals surface area contributed by atoms with Crippen molar-refractivity contribution in [1.82, 2.24) is 5.32 Å². The van der Waals surface area contributed by atoms with Gasteiger partial charge in [0, 0.05) is 11.7 Å². The first-order valence-corrected chi connectivity index (χ1v) is 8.45. The number of amides is 1. The Bertz CT molecular complexity index is 678. The van der Waals surface area contributed by atoms with Gasteiger partial charge < -0.3 is 19.8 Å². The number of para-hydroxylation sites is 1. The number of furan rings is 1. The van der Waals surface area contributed by atoms with Crippen LogP contribution in [-0.2, 0) is 16.1 Å². The van der Waals surface area contributed by atoms with Gasteiger partial charge in [0.15, 0.2) is 6.61 Å². The summed E-state index contributed by atoms with van der Waals surface area (Å²) in [5.74, 6) is -0.0713. The summed E-state index contributed by atoms with van der Waals surface area (Å²) in [6.45, 7) is 4.16. The number of carbonyl (C=O) groups is 2. The highest BCUT2D eigenvalue weighted by atomic mass is 16.5. The van der Waals surface area contributed by atoms with Crippen LogP contribution in [0.2, 0.25) is 0 Å². The van der Waals surface area contributed by atoms with Crippen molar-refractivity contribution in [2.75, 3.05) is 11.9 Å². The van der Waals surface area contributed by atoms with E-state index < -0.39 is 5.97 Å². The van der Waals surface area contributed by atoms with Crippen molar-refractivity contribution in [2.24, 2.45) is 0 Å². The highest BCUT2D eigenvalue weighted by Crippen LogP contribution is 2.17. The Hall–Kier alpha value is -2.76. The van der Waals surface area contributed by atoms with Gasteiger partial charge in [0.2, 0.25) is 0 Å². The van der Waals surface area contributed by atoms with E-state index in [1.807, 2.05) is 26.0 Å². The van der Waals surface area contributed by atoms with Crippen LogP contribution < -0.4 is 10.6 Å². The Morgan fingerprint density at radius 3 is 2.56 bits per heavy atom. The van der Waals surface area contributed by atoms with Crippen molar-refractivity contribution >= 4 is 17.6 Å². The largest absolute Gasteiger partial charge is 0.467 e. The SMILES string of the molecule is CCC(CC)NC(=O)COC(=O)c1ccccc1NCc1ccco1. The van der Waals surface area contributed by atoms with Crippen molar-refractivity contribution in [3.8, 4) is 0 Å². The first-order valence-electron chi connectivity index (χ1n) is 8.45. The zero-order chi connectivity index (χ0) is 18.1. The van der Waals surface area contributed by atoms with Crippen LogP contribution in [0.15, 0.2) is 47.1 Å². The molecular formula is C19H24N2O4. The van der Waals surface area contributed by atoms with E-state index in [1.54, 1.807) is 30.5 Å². The predicted octanol–water partition coefficient (Wildman–Crippen LogP) is 3.35. The topological polar surface area (TPSA) is 80.6 Å². The Morgan fingerprint density at radius 2 is 1.88 bits per heavy atom. The zero-order valence-corrected chi connectivity index (χ0v) is 14.6. The molecule has 0 radical (unpaired) electrons. The molecule has 25 heavy (non-hydrogen) atoms. The van der Waals surface area contributed by atoms with Crippen molar-refractivity contribution in [2.45, 2.75) is 39.3 Å². The fourth-order valence-electron chi connectivity index (χ4n) is 2.38. The second kappa shape index (κ2) is 9.52. The molecule has 0 bridgehead atoms. The number of esters is 1. The molecule has 0 unspecified atom stereocenters. The van der Waals surface area contributed by atoms with Crippen LogP contribution >= 0.6 is 0 Å². The third-order valence-electron chi connectivity index (χ3n) is 3.87. The third-order valence-corrected chi connectivity index (χ3v) is 3.87. The van der Waals surface area contributed by atoms with E-state index in [2.05, 4.69) is 10.6 Å². The summed E-state index contributed by atoms with van der Waals surface area (Å²) in [6.07, 6.45) is 3.28. The van der Waals surface area contributed by atoms with Crippen LogP contribution in [0.3, 0.4) is 0 Å². The summed E-state index contributed by atoms with van der Waals surface area (Å²) in [4.78, 5) is 24.1. The summed E-state index contributed by atoms with van der Waals surface area (Å²) in [5, 5.41) is 5.98. The molecule has 1 aromatic carbocycles. The van der Waals surface area contributed by atoms with E-state index >= 15 is 0 Å². The van der Waals surface area contributed by atoms with Crippen LogP contribution in [0.4, 0.5) is 5.69 Å². The number of rotatable bonds is 9. The number of carbonyl (C=O) groups excluding carboxylic acids is 2. The molecule has 0 atom stereocenters. The summed E-state index contributed by atoms with van der Waals surface area (Å²) in [5.41, 5.74) is 1.01. The number of benzene rings is 1. The number of anilines is 1. The average molecular weight is 344 g/mol. The maximum atomic E-state index is 12.3. The lowest BCUT2D eigenvalue weighted by Gasteiger charge is -2.15. The van der Waals surface area contributed by atoms with Crippen molar-refractivity contribution in [3.63, 3.8) is 0 Å². The van der Waals surface area contributed by atoms with Gasteiger partial charge in [-0.2, -0.15) is 0 Å². The van der Waals surface area contributed by atoms with Gasteiger partial charge >= 0.3 is 5.97 Å². The summed E-state index contributed by atoms with van der Waals surface area (Å²) in [6, 6.07) is 10.8. The van der Waals surface area contributed by atoms with Gasteiger partial charge in [-0.15, -0.1) is 0 Å². The standard InChI is InChI=1S/C19H24N2O4/c1-3-14(4-2)21-18(22)13-25-19(23)16-9-5-6-10-17(16)20-12-15-8-7-11-24-15/h5-11,14,20H,3-4,12-13H2,1-2H3,(H,21,22). The lowest BCUT2D eigenvalue weighted by Crippen LogP contribution is -2.36. The van der Waals surface area contributed by atoms with E-state index in [1.165, 1.54) is 0 Å². The molecule has 1 aromatic heterocycles. The number of hydrogen-bond acceptors (Lipinski definition) is 5. The molecule has 0 aliphatic carbocycles. The second-order valence-electron chi connectivity index (χ2n) is 5.64. The quantitative estimate of drug-likeness (QED) is 0.682. The zero-order valence-electron chi connectivity index (χ0n) is 14.6. The Balaban J connectivity index is 1.91. The molecule has 0 aliphatic heterocycles. The van der Waals surface area contributed by atoms with E-state index in [-0.39, 0.29) is 18.6 Å². The maximum Gasteiger partial charge on any atom is 0.340 e. The second-order valence-corrected chi connectivity index (χ2v) is 5.64. The average Bonchev–Trinajstić information content (AvgIpc) is 3.16. The van der Waals surface area contributed by atoms with Crippen molar-refractivity contribution < 1.29 is 18.7 Å². The Morgan fingerprint density at radius 1 is 1.12 bits per heavy atom. The van der Waals surface area contributed by atoms with Gasteiger partial charge in [0.25, 0.3) is 5.91 Å². The monoisotopic (exact) mass is 344 g/mol. The molecule has 0 aliphatic rings. The molecule has 0 spiro atoms. The molecule has 134 valence electrons. The third kappa shape index (κ3) is 5.67. The van der Waals surface area contributed by atoms with Crippen LogP contribution in [0.25, 0.3) is 0 Å². The molecule has 2 N–H and O–H groups in total. The minimum atomic E-state index is -0.540. The Kier molecular flexibility index (Phi) is 7.07. The van der Waals surface area contributed by atoms with Gasteiger partial charge in [-0.05, 0) is 37.1 Å². The molecule has 0 saturated heterocycles. The van der Waals surface area contributed by atoms with Gasteiger partial charge in [-0.25, -0.2) is 4.79 Å². The molecule has 2 rings (SSSR count). The van der Waals surface area contributed by atoms with Gasteiger partial charge in [-0.1, -0.05) is 26.0 Å². The van der Waals surface area contributed by atoms with E-state index in [0.29, 0.717) is 17.8 Å². The minimum absolute atomic E-state index is 0.105. The fourth-order valence-corrected chi connectivity index (χ4v) is 2.38. The van der Waals surface area contributed by atoms with Gasteiger partial charge in [-0.3, -0.25) is 4.79 Å².